The lowest BCUT2D eigenvalue weighted by Gasteiger charge is -2.32. The molecule has 3 aromatic rings. The van der Waals surface area contributed by atoms with Crippen LogP contribution in [-0.4, -0.2) is 23.0 Å². The maximum Gasteiger partial charge on any atom is 0.326 e. The third-order valence-electron chi connectivity index (χ3n) is 4.86. The first-order valence-electron chi connectivity index (χ1n) is 8.70. The summed E-state index contributed by atoms with van der Waals surface area (Å²) >= 11 is 12.4. The lowest BCUT2D eigenvalue weighted by molar-refractivity contribution is -0.138. The molecule has 28 heavy (non-hydrogen) atoms. The SMILES string of the molecule is O=C(N[C@H]1C[C@H](C(=O)O)Nc2cc(Cl)cc(Cl)c21)c1ccc2ccccc2c1. The zero-order valence-electron chi connectivity index (χ0n) is 14.6. The Morgan fingerprint density at radius 1 is 1.04 bits per heavy atom. The lowest BCUT2D eigenvalue weighted by atomic mass is 9.92. The molecule has 0 saturated carbocycles. The van der Waals surface area contributed by atoms with Crippen molar-refractivity contribution >= 4 is 51.5 Å². The Hall–Kier alpha value is -2.76. The van der Waals surface area contributed by atoms with Gasteiger partial charge >= 0.3 is 5.97 Å². The summed E-state index contributed by atoms with van der Waals surface area (Å²) in [6.07, 6.45) is 0.170. The number of aliphatic carboxylic acids is 1. The summed E-state index contributed by atoms with van der Waals surface area (Å²) in [5.41, 5.74) is 1.65. The maximum atomic E-state index is 12.9. The van der Waals surface area contributed by atoms with Gasteiger partial charge in [0.1, 0.15) is 6.04 Å². The van der Waals surface area contributed by atoms with Gasteiger partial charge in [0, 0.05) is 33.3 Å². The molecular weight excluding hydrogens is 399 g/mol. The number of nitrogens with one attached hydrogen (secondary N) is 2. The minimum atomic E-state index is -1.01. The summed E-state index contributed by atoms with van der Waals surface area (Å²) in [5, 5.41) is 18.1. The van der Waals surface area contributed by atoms with Gasteiger partial charge < -0.3 is 15.7 Å². The highest BCUT2D eigenvalue weighted by atomic mass is 35.5. The molecule has 2 atom stereocenters. The van der Waals surface area contributed by atoms with E-state index in [-0.39, 0.29) is 12.3 Å². The summed E-state index contributed by atoms with van der Waals surface area (Å²) in [4.78, 5) is 24.4. The fraction of sp³-hybridized carbons (Fsp3) is 0.143. The van der Waals surface area contributed by atoms with Gasteiger partial charge in [-0.1, -0.05) is 53.5 Å². The van der Waals surface area contributed by atoms with Gasteiger partial charge in [0.15, 0.2) is 0 Å². The first-order chi connectivity index (χ1) is 13.4. The average Bonchev–Trinajstić information content (AvgIpc) is 2.66. The monoisotopic (exact) mass is 414 g/mol. The molecule has 1 aliphatic heterocycles. The van der Waals surface area contributed by atoms with E-state index in [0.717, 1.165) is 10.8 Å². The molecule has 0 fully saturated rings. The van der Waals surface area contributed by atoms with Crippen molar-refractivity contribution in [1.82, 2.24) is 5.32 Å². The van der Waals surface area contributed by atoms with Crippen molar-refractivity contribution < 1.29 is 14.7 Å². The second kappa shape index (κ2) is 7.34. The van der Waals surface area contributed by atoms with Crippen molar-refractivity contribution in [1.29, 1.82) is 0 Å². The van der Waals surface area contributed by atoms with E-state index in [1.165, 1.54) is 0 Å². The molecule has 1 aliphatic rings. The van der Waals surface area contributed by atoms with Crippen LogP contribution in [0, 0.1) is 0 Å². The highest BCUT2D eigenvalue weighted by Crippen LogP contribution is 2.40. The minimum absolute atomic E-state index is 0.170. The summed E-state index contributed by atoms with van der Waals surface area (Å²) < 4.78 is 0. The van der Waals surface area contributed by atoms with Crippen LogP contribution in [0.4, 0.5) is 5.69 Å². The van der Waals surface area contributed by atoms with Gasteiger partial charge in [-0.2, -0.15) is 0 Å². The first kappa shape index (κ1) is 18.6. The molecule has 142 valence electrons. The molecule has 1 amide bonds. The van der Waals surface area contributed by atoms with E-state index in [0.29, 0.717) is 26.9 Å². The second-order valence-corrected chi connectivity index (χ2v) is 7.55. The van der Waals surface area contributed by atoms with Crippen molar-refractivity contribution in [2.75, 3.05) is 5.32 Å². The van der Waals surface area contributed by atoms with Gasteiger partial charge in [-0.05, 0) is 35.0 Å². The molecule has 4 rings (SSSR count). The molecule has 0 bridgehead atoms. The van der Waals surface area contributed by atoms with Crippen LogP contribution in [0.3, 0.4) is 0 Å². The van der Waals surface area contributed by atoms with Crippen molar-refractivity contribution in [2.45, 2.75) is 18.5 Å². The molecule has 1 heterocycles. The number of hydrogen-bond donors (Lipinski definition) is 3. The Bertz CT molecular complexity index is 1100. The van der Waals surface area contributed by atoms with E-state index in [1.54, 1.807) is 18.2 Å². The zero-order valence-corrected chi connectivity index (χ0v) is 16.1. The lowest BCUT2D eigenvalue weighted by Crippen LogP contribution is -2.41. The molecule has 0 aromatic heterocycles. The Labute approximate surface area is 171 Å². The van der Waals surface area contributed by atoms with Gasteiger partial charge in [-0.25, -0.2) is 4.79 Å². The number of carboxylic acids is 1. The third-order valence-corrected chi connectivity index (χ3v) is 5.39. The second-order valence-electron chi connectivity index (χ2n) is 6.71. The van der Waals surface area contributed by atoms with E-state index >= 15 is 0 Å². The molecule has 5 nitrogen and oxygen atoms in total. The minimum Gasteiger partial charge on any atom is -0.480 e. The summed E-state index contributed by atoms with van der Waals surface area (Å²) in [6, 6.07) is 15.0. The van der Waals surface area contributed by atoms with Gasteiger partial charge in [0.2, 0.25) is 0 Å². The molecule has 0 unspecified atom stereocenters. The highest BCUT2D eigenvalue weighted by Gasteiger charge is 2.33. The van der Waals surface area contributed by atoms with Gasteiger partial charge in [0.05, 0.1) is 6.04 Å². The van der Waals surface area contributed by atoms with Crippen LogP contribution in [0.5, 0.6) is 0 Å². The number of benzene rings is 3. The number of amides is 1. The predicted molar refractivity (Wildman–Crippen MR) is 110 cm³/mol. The van der Waals surface area contributed by atoms with Crippen molar-refractivity contribution in [3.63, 3.8) is 0 Å². The fourth-order valence-electron chi connectivity index (χ4n) is 3.52. The molecule has 0 spiro atoms. The van der Waals surface area contributed by atoms with Crippen LogP contribution >= 0.6 is 23.2 Å². The number of carbonyl (C=O) groups excluding carboxylic acids is 1. The summed E-state index contributed by atoms with van der Waals surface area (Å²) in [5.74, 6) is -1.30. The van der Waals surface area contributed by atoms with Crippen molar-refractivity contribution in [2.24, 2.45) is 0 Å². The highest BCUT2D eigenvalue weighted by molar-refractivity contribution is 6.35. The molecule has 3 aromatic carbocycles. The van der Waals surface area contributed by atoms with Crippen LogP contribution in [-0.2, 0) is 4.79 Å². The maximum absolute atomic E-state index is 12.9. The fourth-order valence-corrected chi connectivity index (χ4v) is 4.15. The summed E-state index contributed by atoms with van der Waals surface area (Å²) in [7, 11) is 0. The van der Waals surface area contributed by atoms with Crippen LogP contribution < -0.4 is 10.6 Å². The number of rotatable bonds is 3. The molecule has 7 heteroatoms. The molecular formula is C21H16Cl2N2O3. The topological polar surface area (TPSA) is 78.4 Å². The summed E-state index contributed by atoms with van der Waals surface area (Å²) in [6.45, 7) is 0. The smallest absolute Gasteiger partial charge is 0.326 e. The zero-order chi connectivity index (χ0) is 19.8. The van der Waals surface area contributed by atoms with Crippen LogP contribution in [0.2, 0.25) is 10.0 Å². The van der Waals surface area contributed by atoms with E-state index in [2.05, 4.69) is 10.6 Å². The Morgan fingerprint density at radius 3 is 2.54 bits per heavy atom. The van der Waals surface area contributed by atoms with E-state index in [9.17, 15) is 14.7 Å². The van der Waals surface area contributed by atoms with Crippen molar-refractivity contribution in [3.05, 3.63) is 75.8 Å². The standard InChI is InChI=1S/C21H16Cl2N2O3/c22-14-8-15(23)19-16(9-14)24-18(21(27)28)10-17(19)25-20(26)13-6-5-11-3-1-2-4-12(11)7-13/h1-9,17-18,24H,10H2,(H,25,26)(H,27,28)/t17-,18+/m0/s1. The predicted octanol–water partition coefficient (Wildman–Crippen LogP) is 4.89. The number of anilines is 1. The van der Waals surface area contributed by atoms with Crippen LogP contribution in [0.15, 0.2) is 54.6 Å². The number of hydrogen-bond acceptors (Lipinski definition) is 3. The Kier molecular flexibility index (Phi) is 4.87. The van der Waals surface area contributed by atoms with Crippen LogP contribution in [0.1, 0.15) is 28.4 Å². The van der Waals surface area contributed by atoms with Crippen molar-refractivity contribution in [3.8, 4) is 0 Å². The molecule has 0 aliphatic carbocycles. The van der Waals surface area contributed by atoms with Crippen LogP contribution in [0.25, 0.3) is 10.8 Å². The van der Waals surface area contributed by atoms with E-state index in [1.807, 2.05) is 36.4 Å². The van der Waals surface area contributed by atoms with E-state index in [4.69, 9.17) is 23.2 Å². The number of carbonyl (C=O) groups is 2. The van der Waals surface area contributed by atoms with Gasteiger partial charge in [-0.3, -0.25) is 4.79 Å². The normalized spacial score (nSPS) is 18.2. The Balaban J connectivity index is 1.67. The molecule has 0 radical (unpaired) electrons. The molecule has 0 saturated heterocycles. The number of carboxylic acid groups (broad SMARTS) is 1. The van der Waals surface area contributed by atoms with E-state index < -0.39 is 18.1 Å². The first-order valence-corrected chi connectivity index (χ1v) is 9.46. The quantitative estimate of drug-likeness (QED) is 0.570. The average molecular weight is 415 g/mol. The largest absolute Gasteiger partial charge is 0.480 e. The Morgan fingerprint density at radius 2 is 1.79 bits per heavy atom. The number of fused-ring (bicyclic) bond motifs is 2. The third kappa shape index (κ3) is 3.51. The number of halogens is 2. The molecule has 3 N–H and O–H groups in total. The van der Waals surface area contributed by atoms with Gasteiger partial charge in [-0.15, -0.1) is 0 Å². The van der Waals surface area contributed by atoms with Gasteiger partial charge in [0.25, 0.3) is 5.91 Å².